The predicted molar refractivity (Wildman–Crippen MR) is 86.0 cm³/mol. The van der Waals surface area contributed by atoms with Crippen molar-refractivity contribution >= 4 is 28.0 Å². The Morgan fingerprint density at radius 1 is 0.893 bits per heavy atom. The van der Waals surface area contributed by atoms with Crippen molar-refractivity contribution in [1.82, 2.24) is 9.78 Å². The molecule has 0 radical (unpaired) electrons. The minimum Gasteiger partial charge on any atom is -0.258 e. The van der Waals surface area contributed by atoms with Gasteiger partial charge in [0, 0.05) is 29.7 Å². The molecule has 1 aromatic heterocycles. The summed E-state index contributed by atoms with van der Waals surface area (Å²) in [5, 5.41) is 37.4. The molecule has 0 N–H and O–H groups in total. The van der Waals surface area contributed by atoms with Gasteiger partial charge in [-0.15, -0.1) is 0 Å². The van der Waals surface area contributed by atoms with Crippen LogP contribution in [0.1, 0.15) is 5.56 Å². The van der Waals surface area contributed by atoms with Crippen LogP contribution < -0.4 is 0 Å². The second-order valence-corrected chi connectivity index (χ2v) is 5.43. The molecule has 2 aromatic carbocycles. The summed E-state index contributed by atoms with van der Waals surface area (Å²) in [6.45, 7) is 0. The summed E-state index contributed by atoms with van der Waals surface area (Å²) in [5.74, 6) is 0. The fraction of sp³-hybridized carbons (Fsp3) is 0.0714. The normalized spacial score (nSPS) is 11.5. The number of nitrogens with zero attached hydrogens (tertiary/aromatic N) is 5. The molecule has 0 atom stereocenters. The molecule has 0 spiro atoms. The first kappa shape index (κ1) is 18.7. The van der Waals surface area contributed by atoms with Crippen LogP contribution in [0.25, 0.3) is 16.6 Å². The van der Waals surface area contributed by atoms with E-state index in [1.807, 2.05) is 0 Å². The van der Waals surface area contributed by atoms with E-state index in [1.165, 1.54) is 0 Å². The molecule has 0 saturated carbocycles. The van der Waals surface area contributed by atoms with Crippen molar-refractivity contribution in [2.24, 2.45) is 0 Å². The summed E-state index contributed by atoms with van der Waals surface area (Å²) in [4.78, 5) is 30.4. The van der Waals surface area contributed by atoms with E-state index in [0.29, 0.717) is 4.68 Å². The zero-order chi connectivity index (χ0) is 20.8. The van der Waals surface area contributed by atoms with Gasteiger partial charge in [-0.3, -0.25) is 30.3 Å². The first-order valence-electron chi connectivity index (χ1n) is 7.17. The highest BCUT2D eigenvalue weighted by atomic mass is 19.4. The first-order valence-corrected chi connectivity index (χ1v) is 7.17. The minimum atomic E-state index is -5.05. The van der Waals surface area contributed by atoms with Gasteiger partial charge in [-0.1, -0.05) is 0 Å². The molecule has 0 bridgehead atoms. The maximum Gasteiger partial charge on any atom is 0.416 e. The number of halogens is 3. The fourth-order valence-corrected chi connectivity index (χ4v) is 2.58. The van der Waals surface area contributed by atoms with Crippen molar-refractivity contribution in [1.29, 1.82) is 0 Å². The Bertz CT molecular complexity index is 1120. The van der Waals surface area contributed by atoms with Crippen LogP contribution in [0.3, 0.4) is 0 Å². The number of aromatic nitrogens is 2. The van der Waals surface area contributed by atoms with Crippen LogP contribution in [0, 0.1) is 30.3 Å². The highest BCUT2D eigenvalue weighted by molar-refractivity contribution is 5.84. The van der Waals surface area contributed by atoms with E-state index < -0.39 is 43.6 Å². The molecule has 0 fully saturated rings. The monoisotopic (exact) mass is 397 g/mol. The topological polar surface area (TPSA) is 147 Å². The van der Waals surface area contributed by atoms with Crippen LogP contribution in [0.15, 0.2) is 36.5 Å². The van der Waals surface area contributed by atoms with Crippen LogP contribution in [-0.2, 0) is 6.18 Å². The Hall–Kier alpha value is -4.10. The quantitative estimate of drug-likeness (QED) is 0.481. The molecule has 0 saturated heterocycles. The SMILES string of the molecule is O=[N+]([O-])c1ccc2c(cnn2-c2c([N+](=O)[O-])cc(C(F)(F)F)cc2[N+](=O)[O-])c1. The van der Waals surface area contributed by atoms with E-state index in [9.17, 15) is 43.5 Å². The number of rotatable bonds is 4. The van der Waals surface area contributed by atoms with Gasteiger partial charge in [0.25, 0.3) is 5.69 Å². The van der Waals surface area contributed by atoms with Gasteiger partial charge in [0.05, 0.1) is 32.0 Å². The van der Waals surface area contributed by atoms with Crippen molar-refractivity contribution < 1.29 is 27.9 Å². The van der Waals surface area contributed by atoms with E-state index in [4.69, 9.17) is 0 Å². The van der Waals surface area contributed by atoms with Gasteiger partial charge in [0.15, 0.2) is 0 Å². The van der Waals surface area contributed by atoms with Gasteiger partial charge in [-0.05, 0) is 6.07 Å². The lowest BCUT2D eigenvalue weighted by atomic mass is 10.1. The molecule has 0 aliphatic rings. The van der Waals surface area contributed by atoms with Gasteiger partial charge in [0.1, 0.15) is 0 Å². The van der Waals surface area contributed by atoms with Crippen LogP contribution in [0.4, 0.5) is 30.2 Å². The number of nitro groups is 3. The van der Waals surface area contributed by atoms with E-state index in [0.717, 1.165) is 24.4 Å². The molecular weight excluding hydrogens is 391 g/mol. The van der Waals surface area contributed by atoms with Crippen molar-refractivity contribution in [3.8, 4) is 5.69 Å². The number of benzene rings is 2. The Morgan fingerprint density at radius 2 is 1.46 bits per heavy atom. The summed E-state index contributed by atoms with van der Waals surface area (Å²) in [7, 11) is 0. The lowest BCUT2D eigenvalue weighted by Gasteiger charge is -2.10. The predicted octanol–water partition coefficient (Wildman–Crippen LogP) is 3.77. The Morgan fingerprint density at radius 3 is 1.93 bits per heavy atom. The summed E-state index contributed by atoms with van der Waals surface area (Å²) >= 11 is 0. The zero-order valence-corrected chi connectivity index (χ0v) is 13.3. The largest absolute Gasteiger partial charge is 0.416 e. The van der Waals surface area contributed by atoms with Gasteiger partial charge >= 0.3 is 17.6 Å². The third-order valence-corrected chi connectivity index (χ3v) is 3.76. The van der Waals surface area contributed by atoms with E-state index in [1.54, 1.807) is 0 Å². The van der Waals surface area contributed by atoms with Crippen molar-refractivity contribution in [2.45, 2.75) is 6.18 Å². The fourth-order valence-electron chi connectivity index (χ4n) is 2.58. The standard InChI is InChI=1S/C14H6F3N5O6/c15-14(16,17)8-4-11(21(25)26)13(12(5-8)22(27)28)19-10-2-1-9(20(23)24)3-7(10)6-18-19/h1-6H. The summed E-state index contributed by atoms with van der Waals surface area (Å²) in [6, 6.07) is 3.57. The number of fused-ring (bicyclic) bond motifs is 1. The minimum absolute atomic E-state index is 0.00319. The van der Waals surface area contributed by atoms with Crippen molar-refractivity contribution in [3.05, 3.63) is 72.4 Å². The molecule has 0 amide bonds. The van der Waals surface area contributed by atoms with Crippen LogP contribution in [0.5, 0.6) is 0 Å². The summed E-state index contributed by atoms with van der Waals surface area (Å²) in [5.41, 5.74) is -5.08. The third-order valence-electron chi connectivity index (χ3n) is 3.76. The Balaban J connectivity index is 2.38. The van der Waals surface area contributed by atoms with Crippen molar-refractivity contribution in [3.63, 3.8) is 0 Å². The molecule has 144 valence electrons. The average molecular weight is 397 g/mol. The highest BCUT2D eigenvalue weighted by Crippen LogP contribution is 2.40. The van der Waals surface area contributed by atoms with Crippen molar-refractivity contribution in [2.75, 3.05) is 0 Å². The summed E-state index contributed by atoms with van der Waals surface area (Å²) in [6.07, 6.45) is -4.01. The number of nitro benzene ring substituents is 3. The molecule has 0 unspecified atom stereocenters. The smallest absolute Gasteiger partial charge is 0.258 e. The molecule has 14 heteroatoms. The maximum atomic E-state index is 13.0. The molecule has 28 heavy (non-hydrogen) atoms. The summed E-state index contributed by atoms with van der Waals surface area (Å²) < 4.78 is 39.7. The maximum absolute atomic E-state index is 13.0. The second kappa shape index (κ2) is 6.26. The van der Waals surface area contributed by atoms with Crippen LogP contribution in [-0.4, -0.2) is 24.6 Å². The number of hydrogen-bond acceptors (Lipinski definition) is 7. The molecule has 0 aliphatic heterocycles. The zero-order valence-electron chi connectivity index (χ0n) is 13.3. The van der Waals surface area contributed by atoms with E-state index in [-0.39, 0.29) is 28.7 Å². The van der Waals surface area contributed by atoms with Gasteiger partial charge in [0.2, 0.25) is 5.69 Å². The first-order chi connectivity index (χ1) is 13.0. The molecular formula is C14H6F3N5O6. The lowest BCUT2D eigenvalue weighted by molar-refractivity contribution is -0.394. The Labute approximate surface area is 151 Å². The van der Waals surface area contributed by atoms with Gasteiger partial charge < -0.3 is 0 Å². The van der Waals surface area contributed by atoms with Crippen LogP contribution >= 0.6 is 0 Å². The van der Waals surface area contributed by atoms with Gasteiger partial charge in [-0.2, -0.15) is 18.3 Å². The second-order valence-electron chi connectivity index (χ2n) is 5.43. The number of alkyl halides is 3. The molecule has 0 aliphatic carbocycles. The highest BCUT2D eigenvalue weighted by Gasteiger charge is 2.38. The molecule has 3 rings (SSSR count). The Kier molecular flexibility index (Phi) is 4.17. The molecule has 3 aromatic rings. The number of non-ortho nitro benzene ring substituents is 1. The van der Waals surface area contributed by atoms with E-state index in [2.05, 4.69) is 5.10 Å². The molecule has 11 nitrogen and oxygen atoms in total. The molecule has 1 heterocycles. The number of hydrogen-bond donors (Lipinski definition) is 0. The van der Waals surface area contributed by atoms with Crippen LogP contribution in [0.2, 0.25) is 0 Å². The van der Waals surface area contributed by atoms with Gasteiger partial charge in [-0.25, -0.2) is 4.68 Å². The third kappa shape index (κ3) is 3.06. The lowest BCUT2D eigenvalue weighted by Crippen LogP contribution is -2.11. The average Bonchev–Trinajstić information content (AvgIpc) is 3.02. The van der Waals surface area contributed by atoms with E-state index >= 15 is 0 Å².